The van der Waals surface area contributed by atoms with Crippen LogP contribution in [0.15, 0.2) is 54.6 Å². The van der Waals surface area contributed by atoms with Gasteiger partial charge in [-0.25, -0.2) is 4.79 Å². The van der Waals surface area contributed by atoms with Crippen molar-refractivity contribution in [1.82, 2.24) is 4.98 Å². The van der Waals surface area contributed by atoms with Crippen molar-refractivity contribution in [2.24, 2.45) is 0 Å². The first kappa shape index (κ1) is 16.2. The van der Waals surface area contributed by atoms with E-state index in [1.165, 1.54) is 10.8 Å². The summed E-state index contributed by atoms with van der Waals surface area (Å²) >= 11 is 0. The standard InChI is InChI=1S/C21H21NO2/c1-2-3-7-18-14-17-6-4-5-8-19(17)20(22-18)13-15-9-11-16(12-10-15)21(23)24/h4-6,8-12,14H,2-3,7,13H2,1H3,(H,23,24). The van der Waals surface area contributed by atoms with Crippen molar-refractivity contribution in [3.63, 3.8) is 0 Å². The molecule has 0 aliphatic carbocycles. The summed E-state index contributed by atoms with van der Waals surface area (Å²) in [7, 11) is 0. The molecule has 0 aliphatic heterocycles. The molecule has 3 heteroatoms. The van der Waals surface area contributed by atoms with E-state index in [0.717, 1.165) is 36.2 Å². The molecule has 0 unspecified atom stereocenters. The Labute approximate surface area is 142 Å². The van der Waals surface area contributed by atoms with E-state index in [1.54, 1.807) is 12.1 Å². The minimum absolute atomic E-state index is 0.313. The molecule has 3 rings (SSSR count). The third-order valence-electron chi connectivity index (χ3n) is 4.23. The lowest BCUT2D eigenvalue weighted by molar-refractivity contribution is 0.0697. The summed E-state index contributed by atoms with van der Waals surface area (Å²) in [6, 6.07) is 17.6. The molecule has 3 nitrogen and oxygen atoms in total. The second-order valence-corrected chi connectivity index (χ2v) is 6.06. The lowest BCUT2D eigenvalue weighted by atomic mass is 10.0. The van der Waals surface area contributed by atoms with E-state index in [-0.39, 0.29) is 0 Å². The lowest BCUT2D eigenvalue weighted by Gasteiger charge is -2.10. The van der Waals surface area contributed by atoms with Crippen LogP contribution in [0.25, 0.3) is 10.8 Å². The van der Waals surface area contributed by atoms with Gasteiger partial charge in [-0.1, -0.05) is 49.7 Å². The van der Waals surface area contributed by atoms with Crippen LogP contribution in [0.1, 0.15) is 47.1 Å². The number of benzene rings is 2. The first-order valence-electron chi connectivity index (χ1n) is 8.37. The van der Waals surface area contributed by atoms with Gasteiger partial charge in [-0.3, -0.25) is 4.98 Å². The average Bonchev–Trinajstić information content (AvgIpc) is 2.60. The van der Waals surface area contributed by atoms with Gasteiger partial charge >= 0.3 is 5.97 Å². The molecule has 0 saturated heterocycles. The van der Waals surface area contributed by atoms with E-state index >= 15 is 0 Å². The number of unbranched alkanes of at least 4 members (excludes halogenated alkanes) is 1. The van der Waals surface area contributed by atoms with Gasteiger partial charge in [-0.2, -0.15) is 0 Å². The summed E-state index contributed by atoms with van der Waals surface area (Å²) in [4.78, 5) is 15.9. The molecule has 0 aliphatic rings. The number of aromatic nitrogens is 1. The van der Waals surface area contributed by atoms with Crippen molar-refractivity contribution in [2.75, 3.05) is 0 Å². The Morgan fingerprint density at radius 2 is 1.83 bits per heavy atom. The molecule has 1 N–H and O–H groups in total. The number of rotatable bonds is 6. The number of hydrogen-bond donors (Lipinski definition) is 1. The summed E-state index contributed by atoms with van der Waals surface area (Å²) in [5.74, 6) is -0.897. The van der Waals surface area contributed by atoms with Crippen LogP contribution in [0.4, 0.5) is 0 Å². The molecule has 122 valence electrons. The maximum Gasteiger partial charge on any atom is 0.335 e. The third kappa shape index (κ3) is 3.62. The van der Waals surface area contributed by atoms with Crippen molar-refractivity contribution < 1.29 is 9.90 Å². The number of pyridine rings is 1. The first-order chi connectivity index (χ1) is 11.7. The van der Waals surface area contributed by atoms with Crippen LogP contribution in [0, 0.1) is 0 Å². The van der Waals surface area contributed by atoms with Gasteiger partial charge in [-0.15, -0.1) is 0 Å². The quantitative estimate of drug-likeness (QED) is 0.705. The minimum atomic E-state index is -0.897. The van der Waals surface area contributed by atoms with Gasteiger partial charge in [-0.05, 0) is 42.0 Å². The maximum absolute atomic E-state index is 11.0. The highest BCUT2D eigenvalue weighted by atomic mass is 16.4. The summed E-state index contributed by atoms with van der Waals surface area (Å²) in [6.45, 7) is 2.19. The topological polar surface area (TPSA) is 50.2 Å². The second kappa shape index (κ2) is 7.26. The number of fused-ring (bicyclic) bond motifs is 1. The number of nitrogens with zero attached hydrogens (tertiary/aromatic N) is 1. The van der Waals surface area contributed by atoms with Crippen LogP contribution >= 0.6 is 0 Å². The van der Waals surface area contributed by atoms with Gasteiger partial charge in [0.15, 0.2) is 0 Å². The number of aromatic carboxylic acids is 1. The van der Waals surface area contributed by atoms with Gasteiger partial charge in [0.25, 0.3) is 0 Å². The molecule has 0 radical (unpaired) electrons. The summed E-state index contributed by atoms with van der Waals surface area (Å²) in [5.41, 5.74) is 3.58. The fourth-order valence-electron chi connectivity index (χ4n) is 2.91. The molecule has 24 heavy (non-hydrogen) atoms. The molecule has 0 bridgehead atoms. The smallest absolute Gasteiger partial charge is 0.335 e. The van der Waals surface area contributed by atoms with Crippen molar-refractivity contribution >= 4 is 16.7 Å². The molecule has 0 saturated carbocycles. The summed E-state index contributed by atoms with van der Waals surface area (Å²) in [5, 5.41) is 11.4. The first-order valence-corrected chi connectivity index (χ1v) is 8.37. The zero-order valence-corrected chi connectivity index (χ0v) is 13.8. The number of carboxylic acid groups (broad SMARTS) is 1. The third-order valence-corrected chi connectivity index (χ3v) is 4.23. The Balaban J connectivity index is 1.96. The molecule has 3 aromatic rings. The van der Waals surface area contributed by atoms with Crippen LogP contribution in [0.2, 0.25) is 0 Å². The van der Waals surface area contributed by atoms with Gasteiger partial charge in [0.1, 0.15) is 0 Å². The highest BCUT2D eigenvalue weighted by molar-refractivity contribution is 5.87. The van der Waals surface area contributed by atoms with E-state index in [4.69, 9.17) is 10.1 Å². The summed E-state index contributed by atoms with van der Waals surface area (Å²) in [6.07, 6.45) is 3.99. The van der Waals surface area contributed by atoms with Gasteiger partial charge in [0.2, 0.25) is 0 Å². The molecular weight excluding hydrogens is 298 g/mol. The molecule has 0 spiro atoms. The molecule has 2 aromatic carbocycles. The predicted octanol–water partition coefficient (Wildman–Crippen LogP) is 4.87. The Morgan fingerprint density at radius 1 is 1.08 bits per heavy atom. The number of aryl methyl sites for hydroxylation is 1. The van der Waals surface area contributed by atoms with Crippen LogP contribution in [0.3, 0.4) is 0 Å². The molecule has 1 heterocycles. The van der Waals surface area contributed by atoms with Gasteiger partial charge in [0, 0.05) is 17.5 Å². The van der Waals surface area contributed by atoms with Crippen LogP contribution in [0.5, 0.6) is 0 Å². The van der Waals surface area contributed by atoms with Gasteiger partial charge in [0.05, 0.1) is 11.3 Å². The van der Waals surface area contributed by atoms with Crippen LogP contribution in [-0.2, 0) is 12.8 Å². The Bertz CT molecular complexity index is 853. The van der Waals surface area contributed by atoms with Gasteiger partial charge < -0.3 is 5.11 Å². The van der Waals surface area contributed by atoms with Crippen molar-refractivity contribution in [2.45, 2.75) is 32.6 Å². The Kier molecular flexibility index (Phi) is 4.90. The van der Waals surface area contributed by atoms with E-state index in [2.05, 4.69) is 31.2 Å². The van der Waals surface area contributed by atoms with Crippen LogP contribution in [-0.4, -0.2) is 16.1 Å². The van der Waals surface area contributed by atoms with Crippen LogP contribution < -0.4 is 0 Å². The molecule has 0 fully saturated rings. The maximum atomic E-state index is 11.0. The normalized spacial score (nSPS) is 10.9. The zero-order chi connectivity index (χ0) is 16.9. The monoisotopic (exact) mass is 319 g/mol. The SMILES string of the molecule is CCCCc1cc2ccccc2c(Cc2ccc(C(=O)O)cc2)n1. The fraction of sp³-hybridized carbons (Fsp3) is 0.238. The average molecular weight is 319 g/mol. The fourth-order valence-corrected chi connectivity index (χ4v) is 2.91. The molecule has 0 amide bonds. The van der Waals surface area contributed by atoms with Crippen molar-refractivity contribution in [3.8, 4) is 0 Å². The predicted molar refractivity (Wildman–Crippen MR) is 96.6 cm³/mol. The highest BCUT2D eigenvalue weighted by Crippen LogP contribution is 2.22. The Hall–Kier alpha value is -2.68. The Morgan fingerprint density at radius 3 is 2.54 bits per heavy atom. The van der Waals surface area contributed by atoms with E-state index in [1.807, 2.05) is 18.2 Å². The minimum Gasteiger partial charge on any atom is -0.478 e. The van der Waals surface area contributed by atoms with E-state index in [9.17, 15) is 4.79 Å². The molecular formula is C21H21NO2. The number of carboxylic acids is 1. The second-order valence-electron chi connectivity index (χ2n) is 6.06. The summed E-state index contributed by atoms with van der Waals surface area (Å²) < 4.78 is 0. The number of carbonyl (C=O) groups is 1. The molecule has 0 atom stereocenters. The highest BCUT2D eigenvalue weighted by Gasteiger charge is 2.08. The van der Waals surface area contributed by atoms with E-state index < -0.39 is 5.97 Å². The molecule has 1 aromatic heterocycles. The largest absolute Gasteiger partial charge is 0.478 e. The zero-order valence-electron chi connectivity index (χ0n) is 13.8. The van der Waals surface area contributed by atoms with Crippen molar-refractivity contribution in [3.05, 3.63) is 77.1 Å². The van der Waals surface area contributed by atoms with E-state index in [0.29, 0.717) is 12.0 Å². The lowest BCUT2D eigenvalue weighted by Crippen LogP contribution is -2.00. The van der Waals surface area contributed by atoms with Crippen molar-refractivity contribution in [1.29, 1.82) is 0 Å². The number of hydrogen-bond acceptors (Lipinski definition) is 2.